The molecule has 0 saturated heterocycles. The Balaban J connectivity index is 1.82. The molecule has 3 heteroatoms. The maximum atomic E-state index is 11.7. The lowest BCUT2D eigenvalue weighted by atomic mass is 10.1. The zero-order valence-corrected chi connectivity index (χ0v) is 17.1. The third-order valence-corrected chi connectivity index (χ3v) is 4.47. The summed E-state index contributed by atoms with van der Waals surface area (Å²) in [6.07, 6.45) is 26.3. The van der Waals surface area contributed by atoms with Gasteiger partial charge in [-0.3, -0.25) is 9.78 Å². The van der Waals surface area contributed by atoms with Crippen LogP contribution in [0.3, 0.4) is 0 Å². The van der Waals surface area contributed by atoms with Crippen molar-refractivity contribution >= 4 is 5.97 Å². The Morgan fingerprint density at radius 1 is 0.963 bits per heavy atom. The zero-order valence-electron chi connectivity index (χ0n) is 17.1. The van der Waals surface area contributed by atoms with Crippen LogP contribution in [0.4, 0.5) is 0 Å². The monoisotopic (exact) mass is 371 g/mol. The van der Waals surface area contributed by atoms with Crippen molar-refractivity contribution in [2.75, 3.05) is 0 Å². The molecule has 1 heterocycles. The van der Waals surface area contributed by atoms with Crippen molar-refractivity contribution < 1.29 is 9.53 Å². The van der Waals surface area contributed by atoms with Gasteiger partial charge < -0.3 is 4.74 Å². The number of esters is 1. The van der Waals surface area contributed by atoms with Gasteiger partial charge in [-0.15, -0.1) is 0 Å². The molecule has 0 unspecified atom stereocenters. The number of nitrogens with zero attached hydrogens (tertiary/aromatic N) is 1. The van der Waals surface area contributed by atoms with Crippen molar-refractivity contribution in [3.05, 3.63) is 54.4 Å². The number of rotatable bonds is 16. The number of carbonyl (C=O) groups is 1. The normalized spacial score (nSPS) is 11.4. The summed E-state index contributed by atoms with van der Waals surface area (Å²) in [4.78, 5) is 15.7. The second kappa shape index (κ2) is 17.5. The molecule has 1 aromatic heterocycles. The van der Waals surface area contributed by atoms with E-state index >= 15 is 0 Å². The van der Waals surface area contributed by atoms with Gasteiger partial charge in [-0.05, 0) is 38.2 Å². The molecule has 1 rings (SSSR count). The smallest absolute Gasteiger partial charge is 0.306 e. The van der Waals surface area contributed by atoms with Gasteiger partial charge in [-0.25, -0.2) is 0 Å². The van der Waals surface area contributed by atoms with E-state index in [1.54, 1.807) is 12.4 Å². The number of allylic oxidation sites excluding steroid dienone is 4. The van der Waals surface area contributed by atoms with Crippen molar-refractivity contribution in [3.63, 3.8) is 0 Å². The molecule has 0 atom stereocenters. The molecule has 0 saturated carbocycles. The number of ether oxygens (including phenoxy) is 1. The van der Waals surface area contributed by atoms with Crippen LogP contribution in [0.15, 0.2) is 48.8 Å². The van der Waals surface area contributed by atoms with E-state index in [0.29, 0.717) is 13.0 Å². The van der Waals surface area contributed by atoms with Gasteiger partial charge in [0.05, 0.1) is 0 Å². The molecule has 0 bridgehead atoms. The predicted molar refractivity (Wildman–Crippen MR) is 113 cm³/mol. The summed E-state index contributed by atoms with van der Waals surface area (Å²) < 4.78 is 5.26. The van der Waals surface area contributed by atoms with E-state index in [9.17, 15) is 4.79 Å². The van der Waals surface area contributed by atoms with Crippen molar-refractivity contribution in [2.24, 2.45) is 0 Å². The highest BCUT2D eigenvalue weighted by Crippen LogP contribution is 2.11. The van der Waals surface area contributed by atoms with Crippen LogP contribution >= 0.6 is 0 Å². The van der Waals surface area contributed by atoms with Gasteiger partial charge in [0.1, 0.15) is 6.61 Å². The largest absolute Gasteiger partial charge is 0.461 e. The fraction of sp³-hybridized carbons (Fsp3) is 0.583. The lowest BCUT2D eigenvalue weighted by Gasteiger charge is -2.05. The van der Waals surface area contributed by atoms with Crippen LogP contribution in [0.25, 0.3) is 0 Å². The van der Waals surface area contributed by atoms with Crippen LogP contribution in [0.2, 0.25) is 0 Å². The number of pyridine rings is 1. The summed E-state index contributed by atoms with van der Waals surface area (Å²) in [7, 11) is 0. The van der Waals surface area contributed by atoms with Gasteiger partial charge in [0.2, 0.25) is 0 Å². The number of aromatic nitrogens is 1. The quantitative estimate of drug-likeness (QED) is 0.179. The third-order valence-electron chi connectivity index (χ3n) is 4.47. The van der Waals surface area contributed by atoms with Crippen molar-refractivity contribution in [3.8, 4) is 0 Å². The number of carbonyl (C=O) groups excluding carboxylic acids is 1. The van der Waals surface area contributed by atoms with Gasteiger partial charge in [0.25, 0.3) is 0 Å². The van der Waals surface area contributed by atoms with Gasteiger partial charge in [-0.2, -0.15) is 0 Å². The minimum absolute atomic E-state index is 0.0999. The van der Waals surface area contributed by atoms with Crippen LogP contribution in [0, 0.1) is 0 Å². The average Bonchev–Trinajstić information content (AvgIpc) is 2.70. The second-order valence-electron chi connectivity index (χ2n) is 6.98. The van der Waals surface area contributed by atoms with Gasteiger partial charge in [-0.1, -0.05) is 75.8 Å². The highest BCUT2D eigenvalue weighted by Gasteiger charge is 2.03. The third kappa shape index (κ3) is 14.9. The first-order chi connectivity index (χ1) is 13.3. The molecule has 0 aliphatic heterocycles. The molecule has 150 valence electrons. The molecule has 27 heavy (non-hydrogen) atoms. The summed E-state index contributed by atoms with van der Waals surface area (Å²) in [6.45, 7) is 2.50. The minimum Gasteiger partial charge on any atom is -0.461 e. The first-order valence-corrected chi connectivity index (χ1v) is 10.7. The molecule has 0 radical (unpaired) electrons. The molecule has 0 spiro atoms. The van der Waals surface area contributed by atoms with Crippen LogP contribution in [0.1, 0.15) is 89.5 Å². The molecular weight excluding hydrogens is 334 g/mol. The Labute approximate surface area is 165 Å². The van der Waals surface area contributed by atoms with Crippen molar-refractivity contribution in [2.45, 2.75) is 90.6 Å². The summed E-state index contributed by atoms with van der Waals surface area (Å²) in [6, 6.07) is 3.77. The number of hydrogen-bond donors (Lipinski definition) is 0. The topological polar surface area (TPSA) is 39.2 Å². The predicted octanol–water partition coefficient (Wildman–Crippen LogP) is 6.94. The van der Waals surface area contributed by atoms with Gasteiger partial charge >= 0.3 is 5.97 Å². The van der Waals surface area contributed by atoms with Crippen LogP contribution < -0.4 is 0 Å². The molecule has 1 aromatic rings. The van der Waals surface area contributed by atoms with Crippen LogP contribution in [-0.4, -0.2) is 11.0 Å². The van der Waals surface area contributed by atoms with E-state index in [4.69, 9.17) is 4.74 Å². The number of unbranched alkanes of at least 4 members (excludes halogenated alkanes) is 8. The average molecular weight is 372 g/mol. The van der Waals surface area contributed by atoms with Crippen LogP contribution in [0.5, 0.6) is 0 Å². The lowest BCUT2D eigenvalue weighted by molar-refractivity contribution is -0.145. The molecule has 0 amide bonds. The van der Waals surface area contributed by atoms with E-state index in [0.717, 1.165) is 31.2 Å². The van der Waals surface area contributed by atoms with E-state index < -0.39 is 0 Å². The summed E-state index contributed by atoms with van der Waals surface area (Å²) in [5, 5.41) is 0. The van der Waals surface area contributed by atoms with E-state index in [1.165, 1.54) is 44.9 Å². The number of hydrogen-bond acceptors (Lipinski definition) is 3. The molecule has 0 aromatic carbocycles. The van der Waals surface area contributed by atoms with Gasteiger partial charge in [0.15, 0.2) is 0 Å². The molecule has 0 N–H and O–H groups in total. The standard InChI is InChI=1S/C24H37NO2/c1-2-3-4-5-6-7-8-9-10-11-12-13-14-15-16-19-24(26)27-22-23-18-17-20-25-21-23/h3-4,6-7,17-18,20-21H,2,5,8-16,19,22H2,1H3/b4-3-,7-6-. The highest BCUT2D eigenvalue weighted by molar-refractivity contribution is 5.69. The Kier molecular flexibility index (Phi) is 15.0. The SMILES string of the molecule is CC/C=C\C/C=C\CCCCCCCCCCC(=O)OCc1cccnc1. The molecule has 0 fully saturated rings. The highest BCUT2D eigenvalue weighted by atomic mass is 16.5. The minimum atomic E-state index is -0.0999. The summed E-state index contributed by atoms with van der Waals surface area (Å²) in [5.41, 5.74) is 0.940. The Hall–Kier alpha value is -1.90. The molecular formula is C24H37NO2. The lowest BCUT2D eigenvalue weighted by Crippen LogP contribution is -2.04. The molecule has 0 aliphatic rings. The van der Waals surface area contributed by atoms with Crippen molar-refractivity contribution in [1.82, 2.24) is 4.98 Å². The fourth-order valence-electron chi connectivity index (χ4n) is 2.87. The van der Waals surface area contributed by atoms with E-state index in [-0.39, 0.29) is 5.97 Å². The first-order valence-electron chi connectivity index (χ1n) is 10.7. The fourth-order valence-corrected chi connectivity index (χ4v) is 2.87. The Bertz CT molecular complexity index is 522. The van der Waals surface area contributed by atoms with E-state index in [1.807, 2.05) is 12.1 Å². The summed E-state index contributed by atoms with van der Waals surface area (Å²) >= 11 is 0. The zero-order chi connectivity index (χ0) is 19.4. The second-order valence-corrected chi connectivity index (χ2v) is 6.98. The Morgan fingerprint density at radius 3 is 2.37 bits per heavy atom. The maximum absolute atomic E-state index is 11.7. The summed E-state index contributed by atoms with van der Waals surface area (Å²) in [5.74, 6) is -0.0999. The molecule has 0 aliphatic carbocycles. The van der Waals surface area contributed by atoms with E-state index in [2.05, 4.69) is 36.2 Å². The maximum Gasteiger partial charge on any atom is 0.306 e. The van der Waals surface area contributed by atoms with Crippen molar-refractivity contribution in [1.29, 1.82) is 0 Å². The first kappa shape index (κ1) is 23.1. The molecule has 3 nitrogen and oxygen atoms in total. The van der Waals surface area contributed by atoms with Gasteiger partial charge in [0, 0.05) is 24.4 Å². The van der Waals surface area contributed by atoms with Crippen LogP contribution in [-0.2, 0) is 16.1 Å². The Morgan fingerprint density at radius 2 is 1.67 bits per heavy atom.